The van der Waals surface area contributed by atoms with Gasteiger partial charge in [0.1, 0.15) is 0 Å². The van der Waals surface area contributed by atoms with Gasteiger partial charge in [-0.2, -0.15) is 13.2 Å². The molecule has 3 atom stereocenters. The number of halogens is 3. The number of carbonyl (C=O) groups excluding carboxylic acids is 1. The molecule has 0 bridgehead atoms. The molecule has 118 valence electrons. The predicted molar refractivity (Wildman–Crippen MR) is 71.3 cm³/mol. The third-order valence-corrected chi connectivity index (χ3v) is 3.59. The SMILES string of the molecule is CC(CCN(C)C)NC(=O)C1CCC(C(F)(F)F)CN1. The van der Waals surface area contributed by atoms with E-state index in [1.54, 1.807) is 0 Å². The molecule has 0 radical (unpaired) electrons. The molecular weight excluding hydrogens is 271 g/mol. The van der Waals surface area contributed by atoms with Crippen LogP contribution in [0.15, 0.2) is 0 Å². The van der Waals surface area contributed by atoms with Crippen LogP contribution in [0.3, 0.4) is 0 Å². The van der Waals surface area contributed by atoms with Gasteiger partial charge in [-0.25, -0.2) is 0 Å². The van der Waals surface area contributed by atoms with Crippen molar-refractivity contribution >= 4 is 5.91 Å². The van der Waals surface area contributed by atoms with Crippen molar-refractivity contribution in [3.8, 4) is 0 Å². The number of alkyl halides is 3. The Balaban J connectivity index is 2.32. The summed E-state index contributed by atoms with van der Waals surface area (Å²) in [6, 6.07) is -0.484. The Kier molecular flexibility index (Phi) is 6.26. The molecule has 1 saturated heterocycles. The molecular formula is C13H24F3N3O. The Labute approximate surface area is 118 Å². The molecule has 0 saturated carbocycles. The van der Waals surface area contributed by atoms with Gasteiger partial charge in [-0.05, 0) is 46.8 Å². The first-order chi connectivity index (χ1) is 9.20. The quantitative estimate of drug-likeness (QED) is 0.805. The van der Waals surface area contributed by atoms with Crippen molar-refractivity contribution in [2.75, 3.05) is 27.2 Å². The van der Waals surface area contributed by atoms with Crippen LogP contribution in [0.1, 0.15) is 26.2 Å². The third-order valence-electron chi connectivity index (χ3n) is 3.59. The molecule has 20 heavy (non-hydrogen) atoms. The lowest BCUT2D eigenvalue weighted by atomic mass is 9.93. The van der Waals surface area contributed by atoms with E-state index >= 15 is 0 Å². The maximum absolute atomic E-state index is 12.5. The van der Waals surface area contributed by atoms with Gasteiger partial charge in [0.15, 0.2) is 0 Å². The second-order valence-corrected chi connectivity index (χ2v) is 5.78. The molecule has 1 fully saturated rings. The summed E-state index contributed by atoms with van der Waals surface area (Å²) in [7, 11) is 3.91. The summed E-state index contributed by atoms with van der Waals surface area (Å²) in [5, 5.41) is 5.55. The number of nitrogens with one attached hydrogen (secondary N) is 2. The number of amides is 1. The van der Waals surface area contributed by atoms with E-state index in [1.165, 1.54) is 0 Å². The Morgan fingerprint density at radius 3 is 2.50 bits per heavy atom. The molecule has 1 aliphatic rings. The Morgan fingerprint density at radius 1 is 1.40 bits per heavy atom. The van der Waals surface area contributed by atoms with Crippen molar-refractivity contribution in [2.45, 2.75) is 44.4 Å². The summed E-state index contributed by atoms with van der Waals surface area (Å²) >= 11 is 0. The summed E-state index contributed by atoms with van der Waals surface area (Å²) in [5.74, 6) is -1.53. The van der Waals surface area contributed by atoms with Gasteiger partial charge in [-0.3, -0.25) is 4.79 Å². The Bertz CT molecular complexity index is 312. The molecule has 0 aromatic carbocycles. The van der Waals surface area contributed by atoms with Crippen molar-refractivity contribution in [2.24, 2.45) is 5.92 Å². The lowest BCUT2D eigenvalue weighted by Gasteiger charge is -2.31. The first kappa shape index (κ1) is 17.2. The van der Waals surface area contributed by atoms with Crippen molar-refractivity contribution in [1.29, 1.82) is 0 Å². The van der Waals surface area contributed by atoms with Crippen molar-refractivity contribution in [3.63, 3.8) is 0 Å². The van der Waals surface area contributed by atoms with Crippen molar-refractivity contribution in [1.82, 2.24) is 15.5 Å². The molecule has 1 rings (SSSR count). The zero-order valence-electron chi connectivity index (χ0n) is 12.3. The molecule has 7 heteroatoms. The fraction of sp³-hybridized carbons (Fsp3) is 0.923. The lowest BCUT2D eigenvalue weighted by molar-refractivity contribution is -0.180. The van der Waals surface area contributed by atoms with E-state index in [1.807, 2.05) is 25.9 Å². The van der Waals surface area contributed by atoms with E-state index in [2.05, 4.69) is 10.6 Å². The second kappa shape index (κ2) is 7.26. The van der Waals surface area contributed by atoms with Gasteiger partial charge in [0.2, 0.25) is 5.91 Å². The number of rotatable bonds is 5. The van der Waals surface area contributed by atoms with E-state index in [4.69, 9.17) is 0 Å². The van der Waals surface area contributed by atoms with Gasteiger partial charge in [0, 0.05) is 12.6 Å². The van der Waals surface area contributed by atoms with Crippen LogP contribution in [0.2, 0.25) is 0 Å². The average molecular weight is 295 g/mol. The topological polar surface area (TPSA) is 44.4 Å². The summed E-state index contributed by atoms with van der Waals surface area (Å²) in [5.41, 5.74) is 0. The van der Waals surface area contributed by atoms with Crippen molar-refractivity contribution < 1.29 is 18.0 Å². The number of hydrogen-bond acceptors (Lipinski definition) is 3. The second-order valence-electron chi connectivity index (χ2n) is 5.78. The highest BCUT2D eigenvalue weighted by Crippen LogP contribution is 2.31. The smallest absolute Gasteiger partial charge is 0.352 e. The van der Waals surface area contributed by atoms with E-state index in [9.17, 15) is 18.0 Å². The zero-order chi connectivity index (χ0) is 15.3. The fourth-order valence-electron chi connectivity index (χ4n) is 2.23. The Morgan fingerprint density at radius 2 is 2.05 bits per heavy atom. The maximum atomic E-state index is 12.5. The van der Waals surface area contributed by atoms with Gasteiger partial charge in [0.25, 0.3) is 0 Å². The van der Waals surface area contributed by atoms with E-state index in [0.29, 0.717) is 0 Å². The summed E-state index contributed by atoms with van der Waals surface area (Å²) in [6.45, 7) is 2.59. The number of piperidine rings is 1. The van der Waals surface area contributed by atoms with Crippen LogP contribution in [-0.4, -0.2) is 56.3 Å². The molecule has 2 N–H and O–H groups in total. The van der Waals surface area contributed by atoms with E-state index in [-0.39, 0.29) is 31.3 Å². The predicted octanol–water partition coefficient (Wildman–Crippen LogP) is 1.37. The minimum Gasteiger partial charge on any atom is -0.352 e. The van der Waals surface area contributed by atoms with Crippen LogP contribution in [0, 0.1) is 5.92 Å². The first-order valence-corrected chi connectivity index (χ1v) is 6.95. The fourth-order valence-corrected chi connectivity index (χ4v) is 2.23. The van der Waals surface area contributed by atoms with Gasteiger partial charge >= 0.3 is 6.18 Å². The van der Waals surface area contributed by atoms with Crippen LogP contribution in [0.5, 0.6) is 0 Å². The number of carbonyl (C=O) groups is 1. The van der Waals surface area contributed by atoms with E-state index < -0.39 is 18.1 Å². The van der Waals surface area contributed by atoms with Crippen LogP contribution in [0.4, 0.5) is 13.2 Å². The molecule has 0 aliphatic carbocycles. The summed E-state index contributed by atoms with van der Waals surface area (Å²) in [4.78, 5) is 14.0. The van der Waals surface area contributed by atoms with Crippen LogP contribution in [-0.2, 0) is 4.79 Å². The third kappa shape index (κ3) is 5.66. The first-order valence-electron chi connectivity index (χ1n) is 6.95. The highest BCUT2D eigenvalue weighted by atomic mass is 19.4. The monoisotopic (exact) mass is 295 g/mol. The standard InChI is InChI=1S/C13H24F3N3O/c1-9(6-7-19(2)3)18-12(20)11-5-4-10(8-17-11)13(14,15)16/h9-11,17H,4-8H2,1-3H3,(H,18,20). The normalized spacial score (nSPS) is 25.6. The van der Waals surface area contributed by atoms with E-state index in [0.717, 1.165) is 13.0 Å². The summed E-state index contributed by atoms with van der Waals surface area (Å²) < 4.78 is 37.5. The molecule has 0 aromatic rings. The Hall–Kier alpha value is -0.820. The summed E-state index contributed by atoms with van der Waals surface area (Å²) in [6.07, 6.45) is -3.11. The number of hydrogen-bond donors (Lipinski definition) is 2. The largest absolute Gasteiger partial charge is 0.393 e. The zero-order valence-corrected chi connectivity index (χ0v) is 12.3. The highest BCUT2D eigenvalue weighted by Gasteiger charge is 2.42. The molecule has 1 heterocycles. The average Bonchev–Trinajstić information content (AvgIpc) is 2.35. The van der Waals surface area contributed by atoms with Crippen LogP contribution >= 0.6 is 0 Å². The number of nitrogens with zero attached hydrogens (tertiary/aromatic N) is 1. The van der Waals surface area contributed by atoms with Gasteiger partial charge < -0.3 is 15.5 Å². The van der Waals surface area contributed by atoms with Gasteiger partial charge in [0.05, 0.1) is 12.0 Å². The molecule has 0 aromatic heterocycles. The van der Waals surface area contributed by atoms with Gasteiger partial charge in [-0.1, -0.05) is 0 Å². The van der Waals surface area contributed by atoms with Crippen LogP contribution in [0.25, 0.3) is 0 Å². The minimum atomic E-state index is -4.17. The van der Waals surface area contributed by atoms with Crippen LogP contribution < -0.4 is 10.6 Å². The molecule has 1 amide bonds. The molecule has 0 spiro atoms. The molecule has 3 unspecified atom stereocenters. The van der Waals surface area contributed by atoms with Crippen molar-refractivity contribution in [3.05, 3.63) is 0 Å². The maximum Gasteiger partial charge on any atom is 0.393 e. The van der Waals surface area contributed by atoms with Gasteiger partial charge in [-0.15, -0.1) is 0 Å². The lowest BCUT2D eigenvalue weighted by Crippen LogP contribution is -2.52. The molecule has 1 aliphatic heterocycles. The molecule has 4 nitrogen and oxygen atoms in total. The highest BCUT2D eigenvalue weighted by molar-refractivity contribution is 5.82. The minimum absolute atomic E-state index is 0.0145.